The number of methoxy groups -OCH3 is 1. The molecule has 8 nitrogen and oxygen atoms in total. The maximum atomic E-state index is 15.5. The standard InChI is InChI=1S/C33H35F2N3O5/c1-16(2)31-36-25(15-41-8)28(37-31)27-12-21-30(43-27)22(14-38(7)32(21)39)20-11-23(33(5,6)40)24(35)13-26(20)42-29-17(3)9-19(34)10-18(29)4/h9-14,16,40H,15H2,1-8H3,(H,36,37). The highest BCUT2D eigenvalue weighted by Gasteiger charge is 2.27. The number of pyridine rings is 1. The van der Waals surface area contributed by atoms with Crippen LogP contribution in [-0.4, -0.2) is 26.8 Å². The van der Waals surface area contributed by atoms with Crippen LogP contribution < -0.4 is 10.3 Å². The molecule has 0 aliphatic carbocycles. The molecule has 3 aromatic heterocycles. The minimum absolute atomic E-state index is 0.0208. The number of aryl methyl sites for hydroxylation is 3. The van der Waals surface area contributed by atoms with Gasteiger partial charge >= 0.3 is 0 Å². The molecule has 0 unspecified atom stereocenters. The van der Waals surface area contributed by atoms with Gasteiger partial charge in [0, 0.05) is 49.0 Å². The molecule has 10 heteroatoms. The summed E-state index contributed by atoms with van der Waals surface area (Å²) < 4.78 is 48.9. The number of benzene rings is 2. The monoisotopic (exact) mass is 591 g/mol. The first kappa shape index (κ1) is 30.2. The van der Waals surface area contributed by atoms with Crippen molar-refractivity contribution >= 4 is 11.0 Å². The number of imidazole rings is 1. The zero-order valence-electron chi connectivity index (χ0n) is 25.5. The van der Waals surface area contributed by atoms with Crippen molar-refractivity contribution in [2.75, 3.05) is 7.11 Å². The zero-order valence-corrected chi connectivity index (χ0v) is 25.5. The number of halogens is 2. The second kappa shape index (κ2) is 11.1. The molecule has 2 N–H and O–H groups in total. The van der Waals surface area contributed by atoms with Gasteiger partial charge in [-0.05, 0) is 63.1 Å². The van der Waals surface area contributed by atoms with E-state index in [1.54, 1.807) is 40.3 Å². The van der Waals surface area contributed by atoms with E-state index in [4.69, 9.17) is 18.9 Å². The number of hydrogen-bond acceptors (Lipinski definition) is 6. The number of nitrogens with one attached hydrogen (secondary N) is 1. The highest BCUT2D eigenvalue weighted by Crippen LogP contribution is 2.43. The number of ether oxygens (including phenoxy) is 2. The molecule has 226 valence electrons. The Labute approximate surface area is 247 Å². The van der Waals surface area contributed by atoms with E-state index in [1.807, 2.05) is 13.8 Å². The van der Waals surface area contributed by atoms with Crippen molar-refractivity contribution in [1.82, 2.24) is 14.5 Å². The summed E-state index contributed by atoms with van der Waals surface area (Å²) in [5.74, 6) is 0.559. The van der Waals surface area contributed by atoms with Crippen molar-refractivity contribution < 1.29 is 27.8 Å². The van der Waals surface area contributed by atoms with Crippen molar-refractivity contribution in [3.8, 4) is 34.1 Å². The van der Waals surface area contributed by atoms with Crippen LogP contribution in [0.1, 0.15) is 61.8 Å². The van der Waals surface area contributed by atoms with E-state index in [0.29, 0.717) is 45.2 Å². The molecule has 0 saturated carbocycles. The lowest BCUT2D eigenvalue weighted by Gasteiger charge is -2.22. The van der Waals surface area contributed by atoms with Gasteiger partial charge in [0.15, 0.2) is 5.76 Å². The summed E-state index contributed by atoms with van der Waals surface area (Å²) >= 11 is 0. The molecule has 0 amide bonds. The van der Waals surface area contributed by atoms with Crippen molar-refractivity contribution in [1.29, 1.82) is 0 Å². The van der Waals surface area contributed by atoms with Gasteiger partial charge in [-0.1, -0.05) is 13.8 Å². The Morgan fingerprint density at radius 1 is 1.09 bits per heavy atom. The minimum atomic E-state index is -1.54. The van der Waals surface area contributed by atoms with Gasteiger partial charge in [0.2, 0.25) is 0 Å². The summed E-state index contributed by atoms with van der Waals surface area (Å²) in [6, 6.07) is 6.97. The first-order valence-corrected chi connectivity index (χ1v) is 13.9. The molecule has 3 heterocycles. The van der Waals surface area contributed by atoms with Crippen LogP contribution in [0, 0.1) is 25.5 Å². The summed E-state index contributed by atoms with van der Waals surface area (Å²) in [4.78, 5) is 21.4. The smallest absolute Gasteiger partial charge is 0.261 e. The fourth-order valence-corrected chi connectivity index (χ4v) is 5.20. The molecule has 5 rings (SSSR count). The average Bonchev–Trinajstić information content (AvgIpc) is 3.53. The SMILES string of the molecule is COCc1[nH]c(C(C)C)nc1-c1cc2c(=O)n(C)cc(-c3cc(C(C)(C)O)c(F)cc3Oc3c(C)cc(F)cc3C)c2o1. The second-order valence-corrected chi connectivity index (χ2v) is 11.7. The number of H-pyrrole nitrogens is 1. The van der Waals surface area contributed by atoms with E-state index < -0.39 is 17.2 Å². The number of rotatable bonds is 8. The highest BCUT2D eigenvalue weighted by atomic mass is 19.1. The lowest BCUT2D eigenvalue weighted by Crippen LogP contribution is -2.18. The number of aromatic amines is 1. The predicted octanol–water partition coefficient (Wildman–Crippen LogP) is 7.37. The Kier molecular flexibility index (Phi) is 7.79. The summed E-state index contributed by atoms with van der Waals surface area (Å²) in [5.41, 5.74) is 1.45. The van der Waals surface area contributed by atoms with Gasteiger partial charge in [-0.15, -0.1) is 0 Å². The molecule has 0 saturated heterocycles. The predicted molar refractivity (Wildman–Crippen MR) is 160 cm³/mol. The first-order chi connectivity index (χ1) is 20.2. The third-order valence-electron chi connectivity index (χ3n) is 7.37. The molecule has 0 aliphatic heterocycles. The van der Waals surface area contributed by atoms with Crippen LogP contribution in [0.4, 0.5) is 8.78 Å². The van der Waals surface area contributed by atoms with E-state index in [0.717, 1.165) is 5.82 Å². The normalized spacial score (nSPS) is 12.1. The van der Waals surface area contributed by atoms with E-state index in [9.17, 15) is 14.3 Å². The maximum Gasteiger partial charge on any atom is 0.261 e. The van der Waals surface area contributed by atoms with E-state index in [1.165, 1.54) is 42.7 Å². The number of fused-ring (bicyclic) bond motifs is 1. The fraction of sp³-hybridized carbons (Fsp3) is 0.333. The Morgan fingerprint density at radius 3 is 2.37 bits per heavy atom. The Balaban J connectivity index is 1.80. The topological polar surface area (TPSA) is 103 Å². The van der Waals surface area contributed by atoms with Crippen LogP contribution in [0.5, 0.6) is 11.5 Å². The van der Waals surface area contributed by atoms with Crippen molar-refractivity contribution in [2.24, 2.45) is 7.05 Å². The van der Waals surface area contributed by atoms with Crippen LogP contribution in [0.3, 0.4) is 0 Å². The van der Waals surface area contributed by atoms with E-state index >= 15 is 4.39 Å². The van der Waals surface area contributed by atoms with Gasteiger partial charge < -0.3 is 28.5 Å². The lowest BCUT2D eigenvalue weighted by molar-refractivity contribution is 0.0745. The zero-order chi connectivity index (χ0) is 31.4. The van der Waals surface area contributed by atoms with Crippen LogP contribution in [0.2, 0.25) is 0 Å². The largest absolute Gasteiger partial charge is 0.456 e. The van der Waals surface area contributed by atoms with Gasteiger partial charge in [-0.25, -0.2) is 13.8 Å². The molecule has 0 bridgehead atoms. The Morgan fingerprint density at radius 2 is 1.77 bits per heavy atom. The first-order valence-electron chi connectivity index (χ1n) is 13.9. The van der Waals surface area contributed by atoms with Gasteiger partial charge in [-0.2, -0.15) is 0 Å². The minimum Gasteiger partial charge on any atom is -0.456 e. The van der Waals surface area contributed by atoms with Gasteiger partial charge in [0.05, 0.1) is 23.3 Å². The van der Waals surface area contributed by atoms with Crippen molar-refractivity contribution in [2.45, 2.75) is 59.7 Å². The molecule has 2 aromatic carbocycles. The molecule has 0 radical (unpaired) electrons. The number of aromatic nitrogens is 3. The molecular formula is C33H35F2N3O5. The van der Waals surface area contributed by atoms with Crippen LogP contribution in [0.25, 0.3) is 33.6 Å². The molecule has 5 aromatic rings. The van der Waals surface area contributed by atoms with Crippen LogP contribution >= 0.6 is 0 Å². The molecular weight excluding hydrogens is 556 g/mol. The molecule has 0 atom stereocenters. The third kappa shape index (κ3) is 5.60. The summed E-state index contributed by atoms with van der Waals surface area (Å²) in [7, 11) is 3.18. The second-order valence-electron chi connectivity index (χ2n) is 11.7. The molecule has 0 spiro atoms. The maximum absolute atomic E-state index is 15.5. The van der Waals surface area contributed by atoms with E-state index in [-0.39, 0.29) is 40.4 Å². The van der Waals surface area contributed by atoms with E-state index in [2.05, 4.69) is 4.98 Å². The number of aliphatic hydroxyl groups is 1. The quantitative estimate of drug-likeness (QED) is 0.195. The van der Waals surface area contributed by atoms with Gasteiger partial charge in [0.25, 0.3) is 5.56 Å². The molecule has 0 aliphatic rings. The molecule has 43 heavy (non-hydrogen) atoms. The summed E-state index contributed by atoms with van der Waals surface area (Å²) in [5, 5.41) is 11.1. The number of nitrogens with zero attached hydrogens (tertiary/aromatic N) is 2. The Hall–Kier alpha value is -4.28. The van der Waals surface area contributed by atoms with Gasteiger partial charge in [0.1, 0.15) is 40.2 Å². The van der Waals surface area contributed by atoms with Gasteiger partial charge in [-0.3, -0.25) is 4.79 Å². The van der Waals surface area contributed by atoms with Crippen LogP contribution in [0.15, 0.2) is 45.7 Å². The number of furan rings is 1. The van der Waals surface area contributed by atoms with Crippen molar-refractivity contribution in [3.63, 3.8) is 0 Å². The average molecular weight is 592 g/mol. The van der Waals surface area contributed by atoms with Crippen molar-refractivity contribution in [3.05, 3.63) is 86.7 Å². The Bertz CT molecular complexity index is 1890. The number of hydrogen-bond donors (Lipinski definition) is 2. The summed E-state index contributed by atoms with van der Waals surface area (Å²) in [6.07, 6.45) is 1.58. The fourth-order valence-electron chi connectivity index (χ4n) is 5.20. The summed E-state index contributed by atoms with van der Waals surface area (Å²) in [6.45, 7) is 10.6. The highest BCUT2D eigenvalue weighted by molar-refractivity contribution is 5.95. The third-order valence-corrected chi connectivity index (χ3v) is 7.37. The molecule has 0 fully saturated rings. The van der Waals surface area contributed by atoms with Crippen LogP contribution in [-0.2, 0) is 24.0 Å². The lowest BCUT2D eigenvalue weighted by atomic mass is 9.93.